The molecule has 1 unspecified atom stereocenters. The van der Waals surface area contributed by atoms with Crippen molar-refractivity contribution in [3.8, 4) is 0 Å². The van der Waals surface area contributed by atoms with Gasteiger partial charge in [-0.3, -0.25) is 0 Å². The molecule has 2 rings (SSSR count). The third-order valence-electron chi connectivity index (χ3n) is 2.96. The summed E-state index contributed by atoms with van der Waals surface area (Å²) >= 11 is 0. The lowest BCUT2D eigenvalue weighted by Crippen LogP contribution is -2.25. The number of aryl methyl sites for hydroxylation is 1. The molecule has 1 aliphatic rings. The average molecular weight is 193 g/mol. The van der Waals surface area contributed by atoms with Crippen molar-refractivity contribution in [1.29, 1.82) is 0 Å². The van der Waals surface area contributed by atoms with Crippen LogP contribution in [0.2, 0.25) is 0 Å². The number of furan rings is 1. The van der Waals surface area contributed by atoms with Gasteiger partial charge in [0.25, 0.3) is 0 Å². The molecule has 2 nitrogen and oxygen atoms in total. The highest BCUT2D eigenvalue weighted by Gasteiger charge is 2.23. The SMILES string of the molecule is Cc1ccoc1CNC(C)CC1CC1. The Bertz CT molecular complexity index is 288. The van der Waals surface area contributed by atoms with Gasteiger partial charge in [0.1, 0.15) is 5.76 Å². The van der Waals surface area contributed by atoms with Crippen LogP contribution in [-0.2, 0) is 6.54 Å². The number of hydrogen-bond acceptors (Lipinski definition) is 2. The Balaban J connectivity index is 1.73. The number of hydrogen-bond donors (Lipinski definition) is 1. The van der Waals surface area contributed by atoms with E-state index in [0.29, 0.717) is 6.04 Å². The maximum Gasteiger partial charge on any atom is 0.120 e. The normalized spacial score (nSPS) is 18.4. The molecule has 0 spiro atoms. The van der Waals surface area contributed by atoms with E-state index >= 15 is 0 Å². The summed E-state index contributed by atoms with van der Waals surface area (Å²) in [5.74, 6) is 2.07. The van der Waals surface area contributed by atoms with Crippen LogP contribution in [0.25, 0.3) is 0 Å². The molecule has 14 heavy (non-hydrogen) atoms. The van der Waals surface area contributed by atoms with Crippen LogP contribution in [0.3, 0.4) is 0 Å². The second-order valence-electron chi connectivity index (χ2n) is 4.49. The van der Waals surface area contributed by atoms with Gasteiger partial charge < -0.3 is 9.73 Å². The minimum Gasteiger partial charge on any atom is -0.468 e. The van der Waals surface area contributed by atoms with E-state index in [-0.39, 0.29) is 0 Å². The van der Waals surface area contributed by atoms with Gasteiger partial charge in [-0.1, -0.05) is 12.8 Å². The van der Waals surface area contributed by atoms with Gasteiger partial charge in [-0.05, 0) is 37.8 Å². The zero-order valence-electron chi connectivity index (χ0n) is 9.05. The summed E-state index contributed by atoms with van der Waals surface area (Å²) < 4.78 is 5.37. The summed E-state index contributed by atoms with van der Waals surface area (Å²) in [6.07, 6.45) is 5.95. The van der Waals surface area contributed by atoms with Crippen molar-refractivity contribution in [2.45, 2.75) is 45.7 Å². The zero-order valence-corrected chi connectivity index (χ0v) is 9.05. The maximum atomic E-state index is 5.37. The van der Waals surface area contributed by atoms with Gasteiger partial charge in [0.2, 0.25) is 0 Å². The fourth-order valence-corrected chi connectivity index (χ4v) is 1.79. The Kier molecular flexibility index (Phi) is 2.92. The summed E-state index contributed by atoms with van der Waals surface area (Å²) in [5, 5.41) is 3.50. The van der Waals surface area contributed by atoms with Gasteiger partial charge in [0, 0.05) is 6.04 Å². The molecule has 0 saturated heterocycles. The first-order valence-corrected chi connectivity index (χ1v) is 5.52. The van der Waals surface area contributed by atoms with Crippen LogP contribution < -0.4 is 5.32 Å². The molecule has 2 heteroatoms. The predicted octanol–water partition coefficient (Wildman–Crippen LogP) is 2.87. The lowest BCUT2D eigenvalue weighted by molar-refractivity contribution is 0.431. The standard InChI is InChI=1S/C12H19NO/c1-9-5-6-14-12(9)8-13-10(2)7-11-3-4-11/h5-6,10-11,13H,3-4,7-8H2,1-2H3. The van der Waals surface area contributed by atoms with Gasteiger partial charge in [0.05, 0.1) is 12.8 Å². The Morgan fingerprint density at radius 1 is 1.57 bits per heavy atom. The van der Waals surface area contributed by atoms with Gasteiger partial charge >= 0.3 is 0 Å². The average Bonchev–Trinajstić information content (AvgIpc) is 2.86. The van der Waals surface area contributed by atoms with Crippen molar-refractivity contribution in [3.05, 3.63) is 23.7 Å². The molecule has 1 heterocycles. The van der Waals surface area contributed by atoms with Crippen molar-refractivity contribution in [2.75, 3.05) is 0 Å². The van der Waals surface area contributed by atoms with Gasteiger partial charge in [-0.25, -0.2) is 0 Å². The molecule has 1 saturated carbocycles. The second-order valence-corrected chi connectivity index (χ2v) is 4.49. The predicted molar refractivity (Wildman–Crippen MR) is 57.1 cm³/mol. The second kappa shape index (κ2) is 4.18. The Hall–Kier alpha value is -0.760. The molecule has 0 aliphatic heterocycles. The topological polar surface area (TPSA) is 25.2 Å². The fraction of sp³-hybridized carbons (Fsp3) is 0.667. The number of rotatable bonds is 5. The lowest BCUT2D eigenvalue weighted by Gasteiger charge is -2.12. The molecule has 1 fully saturated rings. The van der Waals surface area contributed by atoms with E-state index in [4.69, 9.17) is 4.42 Å². The first-order valence-electron chi connectivity index (χ1n) is 5.52. The van der Waals surface area contributed by atoms with Crippen LogP contribution in [-0.4, -0.2) is 6.04 Å². The van der Waals surface area contributed by atoms with Gasteiger partial charge in [0.15, 0.2) is 0 Å². The molecular weight excluding hydrogens is 174 g/mol. The van der Waals surface area contributed by atoms with Crippen molar-refractivity contribution < 1.29 is 4.42 Å². The molecule has 1 aromatic heterocycles. The Morgan fingerprint density at radius 2 is 2.36 bits per heavy atom. The van der Waals surface area contributed by atoms with E-state index in [2.05, 4.69) is 19.2 Å². The fourth-order valence-electron chi connectivity index (χ4n) is 1.79. The molecular formula is C12H19NO. The van der Waals surface area contributed by atoms with E-state index in [0.717, 1.165) is 18.2 Å². The smallest absolute Gasteiger partial charge is 0.120 e. The highest BCUT2D eigenvalue weighted by atomic mass is 16.3. The summed E-state index contributed by atoms with van der Waals surface area (Å²) in [4.78, 5) is 0. The molecule has 0 aromatic carbocycles. The minimum absolute atomic E-state index is 0.618. The maximum absolute atomic E-state index is 5.37. The third-order valence-corrected chi connectivity index (χ3v) is 2.96. The van der Waals surface area contributed by atoms with Crippen LogP contribution in [0, 0.1) is 12.8 Å². The van der Waals surface area contributed by atoms with Crippen molar-refractivity contribution in [1.82, 2.24) is 5.32 Å². The molecule has 1 N–H and O–H groups in total. The highest BCUT2D eigenvalue weighted by Crippen LogP contribution is 2.33. The molecule has 1 atom stereocenters. The van der Waals surface area contributed by atoms with Crippen molar-refractivity contribution in [3.63, 3.8) is 0 Å². The summed E-state index contributed by atoms with van der Waals surface area (Å²) in [6, 6.07) is 2.63. The number of nitrogens with one attached hydrogen (secondary N) is 1. The molecule has 0 amide bonds. The molecule has 0 radical (unpaired) electrons. The van der Waals surface area contributed by atoms with Crippen LogP contribution in [0.4, 0.5) is 0 Å². The largest absolute Gasteiger partial charge is 0.468 e. The van der Waals surface area contributed by atoms with Gasteiger partial charge in [-0.2, -0.15) is 0 Å². The van der Waals surface area contributed by atoms with Crippen LogP contribution in [0.5, 0.6) is 0 Å². The Labute approximate surface area is 85.7 Å². The molecule has 1 aliphatic carbocycles. The quantitative estimate of drug-likeness (QED) is 0.778. The van der Waals surface area contributed by atoms with Crippen LogP contribution in [0.1, 0.15) is 37.5 Å². The monoisotopic (exact) mass is 193 g/mol. The highest BCUT2D eigenvalue weighted by molar-refractivity contribution is 5.14. The van der Waals surface area contributed by atoms with E-state index in [1.807, 2.05) is 6.07 Å². The Morgan fingerprint density at radius 3 is 2.93 bits per heavy atom. The minimum atomic E-state index is 0.618. The van der Waals surface area contributed by atoms with E-state index in [9.17, 15) is 0 Å². The third kappa shape index (κ3) is 2.61. The lowest BCUT2D eigenvalue weighted by atomic mass is 10.1. The van der Waals surface area contributed by atoms with Crippen LogP contribution in [0.15, 0.2) is 16.7 Å². The van der Waals surface area contributed by atoms with E-state index in [1.165, 1.54) is 24.8 Å². The summed E-state index contributed by atoms with van der Waals surface area (Å²) in [7, 11) is 0. The van der Waals surface area contributed by atoms with Gasteiger partial charge in [-0.15, -0.1) is 0 Å². The molecule has 1 aromatic rings. The van der Waals surface area contributed by atoms with Crippen LogP contribution >= 0.6 is 0 Å². The van der Waals surface area contributed by atoms with E-state index in [1.54, 1.807) is 6.26 Å². The van der Waals surface area contributed by atoms with E-state index < -0.39 is 0 Å². The zero-order chi connectivity index (χ0) is 9.97. The molecule has 78 valence electrons. The van der Waals surface area contributed by atoms with Crippen molar-refractivity contribution >= 4 is 0 Å². The first kappa shape index (κ1) is 9.78. The first-order chi connectivity index (χ1) is 6.75. The summed E-state index contributed by atoms with van der Waals surface area (Å²) in [5.41, 5.74) is 1.25. The molecule has 0 bridgehead atoms. The van der Waals surface area contributed by atoms with Crippen molar-refractivity contribution in [2.24, 2.45) is 5.92 Å². The summed E-state index contributed by atoms with van der Waals surface area (Å²) in [6.45, 7) is 5.22.